The zero-order valence-corrected chi connectivity index (χ0v) is 21.9. The van der Waals surface area contributed by atoms with E-state index in [2.05, 4.69) is 20.3 Å². The number of carbonyl (C=O) groups excluding carboxylic acids is 1. The van der Waals surface area contributed by atoms with Gasteiger partial charge in [0.05, 0.1) is 36.8 Å². The molecule has 210 valence electrons. The lowest BCUT2D eigenvalue weighted by Gasteiger charge is -2.40. The fourth-order valence-corrected chi connectivity index (χ4v) is 5.92. The number of aryl methyl sites for hydroxylation is 1. The molecule has 2 fully saturated rings. The van der Waals surface area contributed by atoms with Crippen LogP contribution >= 0.6 is 0 Å². The summed E-state index contributed by atoms with van der Waals surface area (Å²) in [5.74, 6) is 0.687. The SMILES string of the molecule is C[C@H](Nc1nccc(N2C(=O)OC3(COC3)C2c2ccccc2)n1)c1ncn2c1CCc1cc(C(F)(F)F)ccc1-2. The summed E-state index contributed by atoms with van der Waals surface area (Å²) in [6, 6.07) is 14.4. The third-order valence-corrected chi connectivity index (χ3v) is 7.89. The van der Waals surface area contributed by atoms with E-state index in [1.165, 1.54) is 12.1 Å². The Balaban J connectivity index is 1.16. The van der Waals surface area contributed by atoms with E-state index >= 15 is 0 Å². The first-order valence-corrected chi connectivity index (χ1v) is 13.2. The first-order valence-electron chi connectivity index (χ1n) is 13.2. The number of halogens is 3. The van der Waals surface area contributed by atoms with Crippen molar-refractivity contribution in [1.29, 1.82) is 0 Å². The van der Waals surface area contributed by atoms with Gasteiger partial charge in [-0.2, -0.15) is 18.2 Å². The van der Waals surface area contributed by atoms with Gasteiger partial charge in [-0.05, 0) is 55.2 Å². The molecule has 1 spiro atoms. The molecule has 0 aliphatic carbocycles. The number of amides is 1. The van der Waals surface area contributed by atoms with E-state index in [0.29, 0.717) is 49.1 Å². The first-order chi connectivity index (χ1) is 19.7. The van der Waals surface area contributed by atoms with Crippen molar-refractivity contribution < 1.29 is 27.4 Å². The Bertz CT molecular complexity index is 1640. The van der Waals surface area contributed by atoms with Gasteiger partial charge in [0, 0.05) is 17.6 Å². The van der Waals surface area contributed by atoms with Gasteiger partial charge in [-0.25, -0.2) is 19.7 Å². The van der Waals surface area contributed by atoms with Crippen molar-refractivity contribution in [3.05, 3.63) is 95.2 Å². The number of ether oxygens (including phenoxy) is 2. The Hall–Kier alpha value is -4.45. The van der Waals surface area contributed by atoms with Crippen LogP contribution in [-0.2, 0) is 28.5 Å². The van der Waals surface area contributed by atoms with Crippen molar-refractivity contribution in [2.24, 2.45) is 0 Å². The number of rotatable bonds is 5. The van der Waals surface area contributed by atoms with Gasteiger partial charge in [0.15, 0.2) is 5.60 Å². The lowest BCUT2D eigenvalue weighted by molar-refractivity contribution is -0.170. The van der Waals surface area contributed by atoms with Crippen molar-refractivity contribution in [2.45, 2.75) is 43.6 Å². The maximum atomic E-state index is 13.2. The molecule has 7 rings (SSSR count). The van der Waals surface area contributed by atoms with Crippen LogP contribution < -0.4 is 10.2 Å². The predicted molar refractivity (Wildman–Crippen MR) is 142 cm³/mol. The van der Waals surface area contributed by atoms with E-state index in [1.54, 1.807) is 23.5 Å². The smallest absolute Gasteiger partial charge is 0.417 e. The average molecular weight is 563 g/mol. The van der Waals surface area contributed by atoms with Crippen LogP contribution in [0.2, 0.25) is 0 Å². The Morgan fingerprint density at radius 1 is 1.07 bits per heavy atom. The van der Waals surface area contributed by atoms with Crippen molar-refractivity contribution >= 4 is 17.9 Å². The molecule has 0 bridgehead atoms. The number of nitrogens with one attached hydrogen (secondary N) is 1. The minimum atomic E-state index is -4.39. The second-order valence-corrected chi connectivity index (χ2v) is 10.5. The maximum Gasteiger partial charge on any atom is 0.417 e. The van der Waals surface area contributed by atoms with Gasteiger partial charge in [-0.15, -0.1) is 0 Å². The Morgan fingerprint density at radius 2 is 1.88 bits per heavy atom. The third kappa shape index (κ3) is 4.21. The van der Waals surface area contributed by atoms with E-state index < -0.39 is 29.5 Å². The standard InChI is InChI=1S/C29H25F3N6O3/c1-17(24-22-9-7-19-13-20(29(30,31)32)8-10-21(19)37(22)16-34-24)35-26-33-12-11-23(36-26)38-25(18-5-3-2-4-6-18)28(14-40-15-28)41-27(38)39/h2-6,8,10-13,16-17,25H,7,9,14-15H2,1H3,(H,33,35,36)/t17-,25?/m0/s1. The minimum absolute atomic E-state index is 0.299. The molecule has 1 unspecified atom stereocenters. The summed E-state index contributed by atoms with van der Waals surface area (Å²) in [5.41, 5.74) is 2.46. The predicted octanol–water partition coefficient (Wildman–Crippen LogP) is 5.42. The van der Waals surface area contributed by atoms with Crippen LogP contribution in [0.5, 0.6) is 0 Å². The fraction of sp³-hybridized carbons (Fsp3) is 0.310. The molecular formula is C29H25F3N6O3. The van der Waals surface area contributed by atoms with Crippen LogP contribution in [0.25, 0.3) is 5.69 Å². The normalized spacial score (nSPS) is 19.8. The Morgan fingerprint density at radius 3 is 2.61 bits per heavy atom. The summed E-state index contributed by atoms with van der Waals surface area (Å²) < 4.78 is 52.7. The van der Waals surface area contributed by atoms with Gasteiger partial charge in [0.25, 0.3) is 0 Å². The second kappa shape index (κ2) is 9.30. The second-order valence-electron chi connectivity index (χ2n) is 10.5. The van der Waals surface area contributed by atoms with E-state index in [4.69, 9.17) is 9.47 Å². The monoisotopic (exact) mass is 562 g/mol. The molecule has 2 saturated heterocycles. The Kier molecular flexibility index (Phi) is 5.79. The van der Waals surface area contributed by atoms with Gasteiger partial charge in [-0.3, -0.25) is 0 Å². The molecule has 4 aromatic rings. The number of imidazole rings is 1. The number of hydrogen-bond donors (Lipinski definition) is 1. The summed E-state index contributed by atoms with van der Waals surface area (Å²) in [6.07, 6.45) is -0.668. The molecule has 12 heteroatoms. The van der Waals surface area contributed by atoms with Crippen molar-refractivity contribution in [1.82, 2.24) is 19.5 Å². The number of fused-ring (bicyclic) bond motifs is 3. The highest BCUT2D eigenvalue weighted by atomic mass is 19.4. The molecule has 0 radical (unpaired) electrons. The summed E-state index contributed by atoms with van der Waals surface area (Å²) >= 11 is 0. The van der Waals surface area contributed by atoms with Crippen LogP contribution in [0.4, 0.5) is 29.7 Å². The lowest BCUT2D eigenvalue weighted by Crippen LogP contribution is -2.54. The quantitative estimate of drug-likeness (QED) is 0.347. The molecule has 0 saturated carbocycles. The molecule has 3 aliphatic rings. The Labute approximate surface area is 233 Å². The number of benzene rings is 2. The van der Waals surface area contributed by atoms with Crippen molar-refractivity contribution in [3.8, 4) is 5.69 Å². The van der Waals surface area contributed by atoms with Crippen LogP contribution in [0, 0.1) is 0 Å². The summed E-state index contributed by atoms with van der Waals surface area (Å²) in [7, 11) is 0. The minimum Gasteiger partial charge on any atom is -0.435 e. The lowest BCUT2D eigenvalue weighted by atomic mass is 9.86. The van der Waals surface area contributed by atoms with Gasteiger partial charge >= 0.3 is 12.3 Å². The number of aromatic nitrogens is 4. The average Bonchev–Trinajstić information content (AvgIpc) is 3.52. The first kappa shape index (κ1) is 25.5. The number of hydrogen-bond acceptors (Lipinski definition) is 7. The fourth-order valence-electron chi connectivity index (χ4n) is 5.92. The zero-order chi connectivity index (χ0) is 28.4. The third-order valence-electron chi connectivity index (χ3n) is 7.89. The van der Waals surface area contributed by atoms with Crippen molar-refractivity contribution in [3.63, 3.8) is 0 Å². The topological polar surface area (TPSA) is 94.4 Å². The van der Waals surface area contributed by atoms with E-state index in [1.807, 2.05) is 41.8 Å². The van der Waals surface area contributed by atoms with Gasteiger partial charge in [0.1, 0.15) is 11.9 Å². The molecule has 9 nitrogen and oxygen atoms in total. The van der Waals surface area contributed by atoms with E-state index in [9.17, 15) is 18.0 Å². The molecule has 2 aromatic carbocycles. The summed E-state index contributed by atoms with van der Waals surface area (Å²) in [5, 5.41) is 3.28. The molecule has 5 heterocycles. The molecule has 2 atom stereocenters. The van der Waals surface area contributed by atoms with Gasteiger partial charge in [0.2, 0.25) is 5.95 Å². The summed E-state index contributed by atoms with van der Waals surface area (Å²) in [4.78, 5) is 28.3. The molecule has 2 aromatic heterocycles. The van der Waals surface area contributed by atoms with Crippen LogP contribution in [0.1, 0.15) is 47.1 Å². The maximum absolute atomic E-state index is 13.2. The molecule has 1 amide bonds. The van der Waals surface area contributed by atoms with Crippen LogP contribution in [0.15, 0.2) is 67.1 Å². The summed E-state index contributed by atoms with van der Waals surface area (Å²) in [6.45, 7) is 2.52. The van der Waals surface area contributed by atoms with Gasteiger partial charge < -0.3 is 19.4 Å². The van der Waals surface area contributed by atoms with Crippen LogP contribution in [-0.4, -0.2) is 44.4 Å². The molecule has 1 N–H and O–H groups in total. The number of anilines is 2. The number of nitrogens with zero attached hydrogens (tertiary/aromatic N) is 5. The molecule has 3 aliphatic heterocycles. The van der Waals surface area contributed by atoms with Crippen LogP contribution in [0.3, 0.4) is 0 Å². The number of carbonyl (C=O) groups is 1. The molecule has 41 heavy (non-hydrogen) atoms. The van der Waals surface area contributed by atoms with E-state index in [0.717, 1.165) is 23.0 Å². The molecular weight excluding hydrogens is 537 g/mol. The highest BCUT2D eigenvalue weighted by Gasteiger charge is 2.60. The number of alkyl halides is 3. The zero-order valence-electron chi connectivity index (χ0n) is 21.9. The van der Waals surface area contributed by atoms with E-state index in [-0.39, 0.29) is 6.04 Å². The van der Waals surface area contributed by atoms with Gasteiger partial charge in [-0.1, -0.05) is 30.3 Å². The largest absolute Gasteiger partial charge is 0.435 e. The highest BCUT2D eigenvalue weighted by Crippen LogP contribution is 2.47. The highest BCUT2D eigenvalue weighted by molar-refractivity contribution is 5.91. The van der Waals surface area contributed by atoms with Crippen molar-refractivity contribution in [2.75, 3.05) is 23.4 Å².